The number of carbonyl (C=O) groups excluding carboxylic acids is 1. The number of amides is 1. The van der Waals surface area contributed by atoms with E-state index < -0.39 is 0 Å². The summed E-state index contributed by atoms with van der Waals surface area (Å²) in [6.45, 7) is 9.67. The minimum atomic E-state index is -0.215. The van der Waals surface area contributed by atoms with Gasteiger partial charge < -0.3 is 15.0 Å². The van der Waals surface area contributed by atoms with Crippen molar-refractivity contribution in [1.82, 2.24) is 20.1 Å². The van der Waals surface area contributed by atoms with Gasteiger partial charge in [-0.15, -0.1) is 0 Å². The molecule has 2 N–H and O–H groups in total. The Morgan fingerprint density at radius 2 is 1.93 bits per heavy atom. The summed E-state index contributed by atoms with van der Waals surface area (Å²) in [5.41, 5.74) is 2.54. The van der Waals surface area contributed by atoms with Crippen LogP contribution in [0.1, 0.15) is 29.9 Å². The third kappa shape index (κ3) is 4.36. The molecule has 0 fully saturated rings. The number of carbonyl (C=O) groups is 1. The van der Waals surface area contributed by atoms with Crippen molar-refractivity contribution in [1.29, 1.82) is 0 Å². The Hall–Kier alpha value is -2.64. The average Bonchev–Trinajstić information content (AvgIpc) is 3.08. The number of nitrogens with zero attached hydrogens (tertiary/aromatic N) is 3. The standard InChI is InChI=1S/C21H26ClN5O2/c1-5-26(6-2)12-11-23-21(28)17-13-24-20-18(19(17)22)14(3)25-27(20)15-7-9-16(29-4)10-8-15/h7-10,13H,5-6,11-12H2,1-4H3,(H,23,28)/p+1. The smallest absolute Gasteiger partial charge is 0.254 e. The van der Waals surface area contributed by atoms with Crippen LogP contribution in [0.2, 0.25) is 5.02 Å². The van der Waals surface area contributed by atoms with Crippen molar-refractivity contribution < 1.29 is 14.4 Å². The highest BCUT2D eigenvalue weighted by Crippen LogP contribution is 2.30. The molecular formula is C21H27ClN5O2+. The monoisotopic (exact) mass is 416 g/mol. The van der Waals surface area contributed by atoms with Crippen LogP contribution >= 0.6 is 11.6 Å². The predicted molar refractivity (Wildman–Crippen MR) is 114 cm³/mol. The van der Waals surface area contributed by atoms with E-state index in [1.54, 1.807) is 11.8 Å². The number of halogens is 1. The SMILES string of the molecule is CC[NH+](CC)CCNC(=O)c1cnc2c(c(C)nn2-c2ccc(OC)cc2)c1Cl. The number of nitrogens with one attached hydrogen (secondary N) is 2. The highest BCUT2D eigenvalue weighted by Gasteiger charge is 2.20. The number of ether oxygens (including phenoxy) is 1. The summed E-state index contributed by atoms with van der Waals surface area (Å²) in [6, 6.07) is 7.52. The largest absolute Gasteiger partial charge is 0.497 e. The maximum absolute atomic E-state index is 12.6. The molecule has 0 unspecified atom stereocenters. The predicted octanol–water partition coefficient (Wildman–Crippen LogP) is 2.05. The summed E-state index contributed by atoms with van der Waals surface area (Å²) < 4.78 is 6.93. The van der Waals surface area contributed by atoms with Gasteiger partial charge in [0.2, 0.25) is 0 Å². The van der Waals surface area contributed by atoms with E-state index in [9.17, 15) is 4.79 Å². The van der Waals surface area contributed by atoms with Crippen LogP contribution in [0.5, 0.6) is 5.75 Å². The number of aryl methyl sites for hydroxylation is 1. The zero-order chi connectivity index (χ0) is 21.0. The van der Waals surface area contributed by atoms with E-state index in [1.165, 1.54) is 11.1 Å². The fourth-order valence-electron chi connectivity index (χ4n) is 3.32. The quantitative estimate of drug-likeness (QED) is 0.589. The first-order chi connectivity index (χ1) is 14.0. The molecule has 0 spiro atoms. The number of aromatic nitrogens is 3. The normalized spacial score (nSPS) is 11.2. The maximum atomic E-state index is 12.6. The molecule has 3 aromatic rings. The van der Waals surface area contributed by atoms with Crippen molar-refractivity contribution in [2.75, 3.05) is 33.3 Å². The molecule has 8 heteroatoms. The molecule has 0 saturated heterocycles. The first-order valence-electron chi connectivity index (χ1n) is 9.80. The molecule has 0 aliphatic rings. The summed E-state index contributed by atoms with van der Waals surface area (Å²) in [6.07, 6.45) is 1.52. The Labute approximate surface area is 175 Å². The molecule has 154 valence electrons. The van der Waals surface area contributed by atoms with Crippen LogP contribution < -0.4 is 15.0 Å². The Kier molecular flexibility index (Phi) is 6.71. The summed E-state index contributed by atoms with van der Waals surface area (Å²) >= 11 is 6.61. The third-order valence-corrected chi connectivity index (χ3v) is 5.53. The number of rotatable bonds is 8. The van der Waals surface area contributed by atoms with Crippen LogP contribution in [0.15, 0.2) is 30.5 Å². The molecular weight excluding hydrogens is 390 g/mol. The fourth-order valence-corrected chi connectivity index (χ4v) is 3.68. The molecule has 2 aromatic heterocycles. The van der Waals surface area contributed by atoms with E-state index in [0.29, 0.717) is 28.2 Å². The van der Waals surface area contributed by atoms with Gasteiger partial charge in [0.25, 0.3) is 5.91 Å². The van der Waals surface area contributed by atoms with Gasteiger partial charge in [-0.05, 0) is 45.0 Å². The molecule has 0 atom stereocenters. The minimum absolute atomic E-state index is 0.215. The number of pyridine rings is 1. The molecule has 7 nitrogen and oxygen atoms in total. The van der Waals surface area contributed by atoms with Crippen LogP contribution in [0.3, 0.4) is 0 Å². The summed E-state index contributed by atoms with van der Waals surface area (Å²) in [7, 11) is 1.62. The van der Waals surface area contributed by atoms with Gasteiger partial charge in [0.15, 0.2) is 5.65 Å². The average molecular weight is 417 g/mol. The Balaban J connectivity index is 1.88. The molecule has 3 rings (SSSR count). The van der Waals surface area contributed by atoms with E-state index >= 15 is 0 Å². The van der Waals surface area contributed by atoms with Crippen molar-refractivity contribution in [2.24, 2.45) is 0 Å². The van der Waals surface area contributed by atoms with Gasteiger partial charge in [-0.3, -0.25) is 4.79 Å². The molecule has 0 aliphatic carbocycles. The number of hydrogen-bond donors (Lipinski definition) is 2. The van der Waals surface area contributed by atoms with Gasteiger partial charge in [0, 0.05) is 6.20 Å². The number of likely N-dealkylation sites (N-methyl/N-ethyl adjacent to an activating group) is 1. The lowest BCUT2D eigenvalue weighted by atomic mass is 10.2. The molecule has 0 aliphatic heterocycles. The van der Waals surface area contributed by atoms with E-state index in [4.69, 9.17) is 16.3 Å². The van der Waals surface area contributed by atoms with Gasteiger partial charge in [0.1, 0.15) is 5.75 Å². The van der Waals surface area contributed by atoms with Crippen molar-refractivity contribution in [3.8, 4) is 11.4 Å². The van der Waals surface area contributed by atoms with Gasteiger partial charge in [-0.2, -0.15) is 5.10 Å². The van der Waals surface area contributed by atoms with Crippen LogP contribution in [0.4, 0.5) is 0 Å². The van der Waals surface area contributed by atoms with Crippen LogP contribution in [-0.4, -0.2) is 54.0 Å². The Morgan fingerprint density at radius 1 is 1.24 bits per heavy atom. The zero-order valence-corrected chi connectivity index (χ0v) is 18.0. The molecule has 1 aromatic carbocycles. The summed E-state index contributed by atoms with van der Waals surface area (Å²) in [5.74, 6) is 0.547. The lowest BCUT2D eigenvalue weighted by Gasteiger charge is -2.15. The molecule has 1 amide bonds. The topological polar surface area (TPSA) is 73.5 Å². The fraction of sp³-hybridized carbons (Fsp3) is 0.381. The van der Waals surface area contributed by atoms with E-state index in [0.717, 1.165) is 36.8 Å². The second-order valence-corrected chi connectivity index (χ2v) is 7.22. The second-order valence-electron chi connectivity index (χ2n) is 6.84. The molecule has 0 saturated carbocycles. The van der Waals surface area contributed by atoms with Crippen molar-refractivity contribution in [3.05, 3.63) is 46.7 Å². The molecule has 29 heavy (non-hydrogen) atoms. The second kappa shape index (κ2) is 9.24. The third-order valence-electron chi connectivity index (χ3n) is 5.13. The number of benzene rings is 1. The van der Waals surface area contributed by atoms with Gasteiger partial charge in [-0.1, -0.05) is 11.6 Å². The highest BCUT2D eigenvalue weighted by molar-refractivity contribution is 6.38. The number of fused-ring (bicyclic) bond motifs is 1. The number of methoxy groups -OCH3 is 1. The zero-order valence-electron chi connectivity index (χ0n) is 17.3. The lowest BCUT2D eigenvalue weighted by Crippen LogP contribution is -3.12. The molecule has 2 heterocycles. The van der Waals surface area contributed by atoms with Crippen molar-refractivity contribution in [2.45, 2.75) is 20.8 Å². The molecule has 0 bridgehead atoms. The Bertz CT molecular complexity index is 996. The lowest BCUT2D eigenvalue weighted by molar-refractivity contribution is -0.895. The van der Waals surface area contributed by atoms with Gasteiger partial charge in [-0.25, -0.2) is 9.67 Å². The first kappa shape index (κ1) is 21.1. The van der Waals surface area contributed by atoms with E-state index in [1.807, 2.05) is 31.2 Å². The minimum Gasteiger partial charge on any atom is -0.497 e. The van der Waals surface area contributed by atoms with E-state index in [-0.39, 0.29) is 5.91 Å². The van der Waals surface area contributed by atoms with Crippen LogP contribution in [0.25, 0.3) is 16.7 Å². The maximum Gasteiger partial charge on any atom is 0.254 e. The Morgan fingerprint density at radius 3 is 2.55 bits per heavy atom. The van der Waals surface area contributed by atoms with Gasteiger partial charge >= 0.3 is 0 Å². The number of quaternary nitrogens is 1. The number of hydrogen-bond acceptors (Lipinski definition) is 4. The van der Waals surface area contributed by atoms with Crippen molar-refractivity contribution in [3.63, 3.8) is 0 Å². The van der Waals surface area contributed by atoms with Crippen LogP contribution in [-0.2, 0) is 0 Å². The first-order valence-corrected chi connectivity index (χ1v) is 10.2. The van der Waals surface area contributed by atoms with Crippen molar-refractivity contribution >= 4 is 28.5 Å². The molecule has 0 radical (unpaired) electrons. The highest BCUT2D eigenvalue weighted by atomic mass is 35.5. The van der Waals surface area contributed by atoms with Gasteiger partial charge in [0.05, 0.1) is 60.6 Å². The summed E-state index contributed by atoms with van der Waals surface area (Å²) in [5, 5.41) is 8.59. The summed E-state index contributed by atoms with van der Waals surface area (Å²) in [4.78, 5) is 18.6. The van der Waals surface area contributed by atoms with E-state index in [2.05, 4.69) is 29.2 Å². The van der Waals surface area contributed by atoms with Crippen LogP contribution in [0, 0.1) is 6.92 Å².